The smallest absolute Gasteiger partial charge is 0.175 e. The van der Waals surface area contributed by atoms with Gasteiger partial charge in [-0.25, -0.2) is 4.39 Å². The molecule has 2 aromatic carbocycles. The molecule has 5 heteroatoms. The van der Waals surface area contributed by atoms with E-state index in [1.165, 1.54) is 6.07 Å². The van der Waals surface area contributed by atoms with Crippen LogP contribution in [-0.2, 0) is 6.61 Å². The largest absolute Gasteiger partial charge is 0.493 e. The highest BCUT2D eigenvalue weighted by atomic mass is 79.9. The lowest BCUT2D eigenvalue weighted by molar-refractivity contribution is 0.278. The summed E-state index contributed by atoms with van der Waals surface area (Å²) in [7, 11) is 1.56. The fourth-order valence-corrected chi connectivity index (χ4v) is 2.37. The summed E-state index contributed by atoms with van der Waals surface area (Å²) in [5.74, 6) is 0.861. The Morgan fingerprint density at radius 1 is 1.16 bits per heavy atom. The maximum Gasteiger partial charge on any atom is 0.175 e. The number of rotatable bonds is 4. The van der Waals surface area contributed by atoms with Gasteiger partial charge in [-0.05, 0) is 40.2 Å². The average Bonchev–Trinajstić information content (AvgIpc) is 2.39. The van der Waals surface area contributed by atoms with Gasteiger partial charge in [-0.15, -0.1) is 0 Å². The molecule has 0 radical (unpaired) electrons. The SMILES string of the molecule is COc1cccc(Br)c1OCc1ccc(Br)cc1F. The van der Waals surface area contributed by atoms with E-state index in [2.05, 4.69) is 31.9 Å². The van der Waals surface area contributed by atoms with Gasteiger partial charge in [0.05, 0.1) is 11.6 Å². The standard InChI is InChI=1S/C14H11Br2FO2/c1-18-13-4-2-3-11(16)14(13)19-8-9-5-6-10(15)7-12(9)17/h2-7H,8H2,1H3. The molecule has 0 aliphatic carbocycles. The first-order chi connectivity index (χ1) is 9.11. The Morgan fingerprint density at radius 3 is 2.63 bits per heavy atom. The Bertz CT molecular complexity index is 588. The van der Waals surface area contributed by atoms with E-state index in [4.69, 9.17) is 9.47 Å². The van der Waals surface area contributed by atoms with E-state index in [9.17, 15) is 4.39 Å². The van der Waals surface area contributed by atoms with Crippen LogP contribution in [0.25, 0.3) is 0 Å². The minimum absolute atomic E-state index is 0.137. The van der Waals surface area contributed by atoms with Crippen LogP contribution >= 0.6 is 31.9 Å². The maximum atomic E-state index is 13.7. The third-order valence-corrected chi connectivity index (χ3v) is 3.66. The number of benzene rings is 2. The summed E-state index contributed by atoms with van der Waals surface area (Å²) < 4.78 is 26.0. The number of hydrogen-bond acceptors (Lipinski definition) is 2. The number of ether oxygens (including phenoxy) is 2. The van der Waals surface area contributed by atoms with Gasteiger partial charge in [0, 0.05) is 10.0 Å². The molecule has 0 unspecified atom stereocenters. The van der Waals surface area contributed by atoms with Crippen LogP contribution in [0.3, 0.4) is 0 Å². The predicted molar refractivity (Wildman–Crippen MR) is 79.1 cm³/mol. The lowest BCUT2D eigenvalue weighted by Crippen LogP contribution is -2.00. The van der Waals surface area contributed by atoms with Crippen LogP contribution in [0.4, 0.5) is 4.39 Å². The average molecular weight is 390 g/mol. The van der Waals surface area contributed by atoms with Gasteiger partial charge in [0.25, 0.3) is 0 Å². The zero-order valence-corrected chi connectivity index (χ0v) is 13.3. The Kier molecular flexibility index (Phi) is 4.82. The van der Waals surface area contributed by atoms with Gasteiger partial charge in [0.15, 0.2) is 11.5 Å². The summed E-state index contributed by atoms with van der Waals surface area (Å²) >= 11 is 6.60. The molecular weight excluding hydrogens is 379 g/mol. The fourth-order valence-electron chi connectivity index (χ4n) is 1.58. The van der Waals surface area contributed by atoms with E-state index in [0.717, 1.165) is 4.47 Å². The molecular formula is C14H11Br2FO2. The molecule has 0 heterocycles. The second-order valence-corrected chi connectivity index (χ2v) is 5.57. The molecule has 0 atom stereocenters. The molecule has 2 aromatic rings. The summed E-state index contributed by atoms with van der Waals surface area (Å²) in [6.45, 7) is 0.137. The van der Waals surface area contributed by atoms with Crippen LogP contribution in [0, 0.1) is 5.82 Å². The Labute approximate surface area is 127 Å². The molecule has 0 saturated carbocycles. The van der Waals surface area contributed by atoms with Gasteiger partial charge in [-0.2, -0.15) is 0 Å². The molecule has 0 aliphatic heterocycles. The van der Waals surface area contributed by atoms with E-state index in [0.29, 0.717) is 21.5 Å². The van der Waals surface area contributed by atoms with Crippen LogP contribution < -0.4 is 9.47 Å². The van der Waals surface area contributed by atoms with Crippen molar-refractivity contribution in [3.05, 3.63) is 56.7 Å². The Morgan fingerprint density at radius 2 is 1.95 bits per heavy atom. The zero-order valence-electron chi connectivity index (χ0n) is 10.1. The van der Waals surface area contributed by atoms with Crippen LogP contribution in [0.2, 0.25) is 0 Å². The topological polar surface area (TPSA) is 18.5 Å². The highest BCUT2D eigenvalue weighted by molar-refractivity contribution is 9.10. The van der Waals surface area contributed by atoms with Crippen molar-refractivity contribution >= 4 is 31.9 Å². The molecule has 0 aliphatic rings. The van der Waals surface area contributed by atoms with Crippen molar-refractivity contribution in [3.8, 4) is 11.5 Å². The molecule has 100 valence electrons. The van der Waals surface area contributed by atoms with E-state index >= 15 is 0 Å². The van der Waals surface area contributed by atoms with Crippen LogP contribution in [0.1, 0.15) is 5.56 Å². The summed E-state index contributed by atoms with van der Waals surface area (Å²) in [6, 6.07) is 10.3. The second kappa shape index (κ2) is 6.39. The fraction of sp³-hybridized carbons (Fsp3) is 0.143. The van der Waals surface area contributed by atoms with Crippen molar-refractivity contribution in [2.75, 3.05) is 7.11 Å². The van der Waals surface area contributed by atoms with Gasteiger partial charge in [-0.3, -0.25) is 0 Å². The number of methoxy groups -OCH3 is 1. The highest BCUT2D eigenvalue weighted by Crippen LogP contribution is 2.35. The summed E-state index contributed by atoms with van der Waals surface area (Å²) in [5.41, 5.74) is 0.487. The van der Waals surface area contributed by atoms with Crippen LogP contribution in [0.5, 0.6) is 11.5 Å². The van der Waals surface area contributed by atoms with Crippen molar-refractivity contribution in [2.24, 2.45) is 0 Å². The minimum Gasteiger partial charge on any atom is -0.493 e. The monoisotopic (exact) mass is 388 g/mol. The van der Waals surface area contributed by atoms with Crippen molar-refractivity contribution in [1.29, 1.82) is 0 Å². The van der Waals surface area contributed by atoms with Crippen molar-refractivity contribution in [3.63, 3.8) is 0 Å². The third kappa shape index (κ3) is 3.48. The first kappa shape index (κ1) is 14.3. The minimum atomic E-state index is -0.305. The van der Waals surface area contributed by atoms with Gasteiger partial charge < -0.3 is 9.47 Å². The lowest BCUT2D eigenvalue weighted by atomic mass is 10.2. The summed E-state index contributed by atoms with van der Waals surface area (Å²) in [5, 5.41) is 0. The predicted octanol–water partition coefficient (Wildman–Crippen LogP) is 4.94. The highest BCUT2D eigenvalue weighted by Gasteiger charge is 2.10. The lowest BCUT2D eigenvalue weighted by Gasteiger charge is -2.12. The number of para-hydroxylation sites is 1. The maximum absolute atomic E-state index is 13.7. The normalized spacial score (nSPS) is 10.3. The van der Waals surface area contributed by atoms with Crippen LogP contribution in [-0.4, -0.2) is 7.11 Å². The summed E-state index contributed by atoms with van der Waals surface area (Å²) in [6.07, 6.45) is 0. The molecule has 0 bridgehead atoms. The van der Waals surface area contributed by atoms with Crippen molar-refractivity contribution in [1.82, 2.24) is 0 Å². The van der Waals surface area contributed by atoms with Gasteiger partial charge in [0.1, 0.15) is 12.4 Å². The Balaban J connectivity index is 2.19. The van der Waals surface area contributed by atoms with Crippen molar-refractivity contribution < 1.29 is 13.9 Å². The molecule has 2 rings (SSSR count). The van der Waals surface area contributed by atoms with E-state index in [-0.39, 0.29) is 12.4 Å². The summed E-state index contributed by atoms with van der Waals surface area (Å²) in [4.78, 5) is 0. The van der Waals surface area contributed by atoms with E-state index in [1.54, 1.807) is 25.3 Å². The van der Waals surface area contributed by atoms with Gasteiger partial charge in [-0.1, -0.05) is 28.1 Å². The molecule has 0 amide bonds. The Hall–Kier alpha value is -1.07. The quantitative estimate of drug-likeness (QED) is 0.737. The molecule has 0 fully saturated rings. The molecule has 0 aromatic heterocycles. The first-order valence-electron chi connectivity index (χ1n) is 5.51. The van der Waals surface area contributed by atoms with E-state index in [1.807, 2.05) is 12.1 Å². The first-order valence-corrected chi connectivity index (χ1v) is 7.09. The molecule has 19 heavy (non-hydrogen) atoms. The molecule has 0 N–H and O–H groups in total. The van der Waals surface area contributed by atoms with Crippen LogP contribution in [0.15, 0.2) is 45.3 Å². The second-order valence-electron chi connectivity index (χ2n) is 3.80. The molecule has 0 saturated heterocycles. The van der Waals surface area contributed by atoms with Crippen molar-refractivity contribution in [2.45, 2.75) is 6.61 Å². The van der Waals surface area contributed by atoms with E-state index < -0.39 is 0 Å². The van der Waals surface area contributed by atoms with Gasteiger partial charge >= 0.3 is 0 Å². The number of hydrogen-bond donors (Lipinski definition) is 0. The molecule has 2 nitrogen and oxygen atoms in total. The third-order valence-electron chi connectivity index (χ3n) is 2.54. The molecule has 0 spiro atoms. The zero-order chi connectivity index (χ0) is 13.8. The van der Waals surface area contributed by atoms with Gasteiger partial charge in [0.2, 0.25) is 0 Å². The number of halogens is 3.